The van der Waals surface area contributed by atoms with Crippen LogP contribution in [-0.2, 0) is 17.8 Å². The molecule has 0 bridgehead atoms. The fraction of sp³-hybridized carbons (Fsp3) is 0.208. The monoisotopic (exact) mass is 417 g/mol. The van der Waals surface area contributed by atoms with Crippen molar-refractivity contribution in [2.24, 2.45) is 0 Å². The predicted octanol–water partition coefficient (Wildman–Crippen LogP) is 4.92. The maximum absolute atomic E-state index is 12.6. The maximum Gasteiger partial charge on any atom is 0.233 e. The fourth-order valence-electron chi connectivity index (χ4n) is 3.08. The fourth-order valence-corrected chi connectivity index (χ4v) is 4.01. The Bertz CT molecular complexity index is 1140. The van der Waals surface area contributed by atoms with Crippen molar-refractivity contribution in [3.63, 3.8) is 0 Å². The number of furan rings is 1. The molecule has 0 radical (unpaired) electrons. The van der Waals surface area contributed by atoms with Crippen LogP contribution in [0.5, 0.6) is 0 Å². The summed E-state index contributed by atoms with van der Waals surface area (Å²) in [5, 5.41) is 3.39. The number of para-hydroxylation sites is 2. The quantitative estimate of drug-likeness (QED) is 0.432. The molecule has 30 heavy (non-hydrogen) atoms. The van der Waals surface area contributed by atoms with E-state index in [0.717, 1.165) is 27.5 Å². The Morgan fingerprint density at radius 2 is 1.77 bits per heavy atom. The van der Waals surface area contributed by atoms with Gasteiger partial charge in [0.05, 0.1) is 34.8 Å². The Hall–Kier alpha value is -3.12. The minimum absolute atomic E-state index is 0.0624. The molecule has 4 rings (SSSR count). The third-order valence-corrected chi connectivity index (χ3v) is 5.89. The highest BCUT2D eigenvalue weighted by Gasteiger charge is 2.19. The van der Waals surface area contributed by atoms with Crippen molar-refractivity contribution >= 4 is 28.7 Å². The highest BCUT2D eigenvalue weighted by Crippen LogP contribution is 2.28. The van der Waals surface area contributed by atoms with Crippen LogP contribution in [0.2, 0.25) is 0 Å². The molecule has 2 heterocycles. The first kappa shape index (κ1) is 20.2. The van der Waals surface area contributed by atoms with Gasteiger partial charge in [0.15, 0.2) is 0 Å². The lowest BCUT2D eigenvalue weighted by atomic mass is 10.1. The number of rotatable bonds is 7. The van der Waals surface area contributed by atoms with Gasteiger partial charge in [0.1, 0.15) is 10.8 Å². The lowest BCUT2D eigenvalue weighted by Gasteiger charge is -2.14. The van der Waals surface area contributed by atoms with E-state index >= 15 is 0 Å². The number of benzene rings is 2. The van der Waals surface area contributed by atoms with Crippen molar-refractivity contribution in [1.82, 2.24) is 15.3 Å². The van der Waals surface area contributed by atoms with Crippen LogP contribution in [0.1, 0.15) is 29.5 Å². The van der Waals surface area contributed by atoms with Crippen LogP contribution in [0.3, 0.4) is 0 Å². The van der Waals surface area contributed by atoms with Gasteiger partial charge in [-0.25, -0.2) is 9.97 Å². The Morgan fingerprint density at radius 3 is 2.47 bits per heavy atom. The van der Waals surface area contributed by atoms with Crippen molar-refractivity contribution in [1.29, 1.82) is 0 Å². The van der Waals surface area contributed by atoms with Gasteiger partial charge in [0.25, 0.3) is 0 Å². The number of fused-ring (bicyclic) bond motifs is 1. The predicted molar refractivity (Wildman–Crippen MR) is 119 cm³/mol. The summed E-state index contributed by atoms with van der Waals surface area (Å²) in [4.78, 5) is 22.3. The first-order valence-electron chi connectivity index (χ1n) is 9.86. The zero-order valence-corrected chi connectivity index (χ0v) is 17.8. The van der Waals surface area contributed by atoms with E-state index in [1.54, 1.807) is 6.26 Å². The largest absolute Gasteiger partial charge is 0.467 e. The SMILES string of the molecule is Cc1ccc(Cc2nc3ccccc3nc2S[C@@H](C)C(=O)NCc2ccco2)cc1. The number of nitrogens with one attached hydrogen (secondary N) is 1. The Labute approximate surface area is 179 Å². The normalized spacial score (nSPS) is 12.1. The number of amides is 1. The summed E-state index contributed by atoms with van der Waals surface area (Å²) in [5.74, 6) is 0.666. The number of hydrogen-bond donors (Lipinski definition) is 1. The van der Waals surface area contributed by atoms with Gasteiger partial charge in [0, 0.05) is 6.42 Å². The zero-order valence-electron chi connectivity index (χ0n) is 17.0. The van der Waals surface area contributed by atoms with Crippen molar-refractivity contribution in [3.05, 3.63) is 89.5 Å². The van der Waals surface area contributed by atoms with Crippen LogP contribution < -0.4 is 5.32 Å². The molecule has 2 aromatic heterocycles. The molecule has 0 fully saturated rings. The average Bonchev–Trinajstić information content (AvgIpc) is 3.27. The van der Waals surface area contributed by atoms with E-state index in [4.69, 9.17) is 14.4 Å². The van der Waals surface area contributed by atoms with E-state index < -0.39 is 0 Å². The summed E-state index contributed by atoms with van der Waals surface area (Å²) < 4.78 is 5.28. The number of hydrogen-bond acceptors (Lipinski definition) is 5. The summed E-state index contributed by atoms with van der Waals surface area (Å²) in [7, 11) is 0. The molecule has 0 aliphatic rings. The number of aryl methyl sites for hydroxylation is 1. The molecule has 1 atom stereocenters. The Kier molecular flexibility index (Phi) is 6.14. The van der Waals surface area contributed by atoms with E-state index in [1.165, 1.54) is 22.9 Å². The van der Waals surface area contributed by atoms with Gasteiger partial charge >= 0.3 is 0 Å². The number of thioether (sulfide) groups is 1. The van der Waals surface area contributed by atoms with E-state index in [-0.39, 0.29) is 11.2 Å². The highest BCUT2D eigenvalue weighted by atomic mass is 32.2. The molecule has 5 nitrogen and oxygen atoms in total. The summed E-state index contributed by atoms with van der Waals surface area (Å²) in [6.45, 7) is 4.33. The average molecular weight is 418 g/mol. The number of carbonyl (C=O) groups excluding carboxylic acids is 1. The smallest absolute Gasteiger partial charge is 0.233 e. The van der Waals surface area contributed by atoms with Gasteiger partial charge in [-0.3, -0.25) is 4.79 Å². The molecule has 0 spiro atoms. The Morgan fingerprint density at radius 1 is 1.03 bits per heavy atom. The maximum atomic E-state index is 12.6. The first-order chi connectivity index (χ1) is 14.6. The lowest BCUT2D eigenvalue weighted by Crippen LogP contribution is -2.30. The second-order valence-electron chi connectivity index (χ2n) is 7.18. The second kappa shape index (κ2) is 9.13. The standard InChI is InChI=1S/C24H23N3O2S/c1-16-9-11-18(12-10-16)14-22-24(27-21-8-4-3-7-20(21)26-22)30-17(2)23(28)25-15-19-6-5-13-29-19/h3-13,17H,14-15H2,1-2H3,(H,25,28)/t17-/m0/s1. The molecule has 152 valence electrons. The molecule has 0 saturated heterocycles. The molecule has 0 aliphatic heterocycles. The van der Waals surface area contributed by atoms with Crippen molar-refractivity contribution in [3.8, 4) is 0 Å². The zero-order chi connectivity index (χ0) is 20.9. The molecule has 0 saturated carbocycles. The third-order valence-electron chi connectivity index (χ3n) is 4.77. The Balaban J connectivity index is 1.56. The van der Waals surface area contributed by atoms with Crippen LogP contribution in [0.4, 0.5) is 0 Å². The summed E-state index contributed by atoms with van der Waals surface area (Å²) in [5.41, 5.74) is 4.96. The lowest BCUT2D eigenvalue weighted by molar-refractivity contribution is -0.120. The van der Waals surface area contributed by atoms with Crippen LogP contribution in [0, 0.1) is 6.92 Å². The molecule has 1 N–H and O–H groups in total. The molecule has 4 aromatic rings. The second-order valence-corrected chi connectivity index (χ2v) is 8.51. The minimum Gasteiger partial charge on any atom is -0.467 e. The van der Waals surface area contributed by atoms with E-state index in [1.807, 2.05) is 43.3 Å². The molecular formula is C24H23N3O2S. The molecule has 1 amide bonds. The number of carbonyl (C=O) groups is 1. The van der Waals surface area contributed by atoms with Gasteiger partial charge in [-0.05, 0) is 43.7 Å². The first-order valence-corrected chi connectivity index (χ1v) is 10.7. The number of aromatic nitrogens is 2. The van der Waals surface area contributed by atoms with Gasteiger partial charge in [0.2, 0.25) is 5.91 Å². The van der Waals surface area contributed by atoms with E-state index in [2.05, 4.69) is 36.5 Å². The van der Waals surface area contributed by atoms with Crippen LogP contribution >= 0.6 is 11.8 Å². The van der Waals surface area contributed by atoms with Gasteiger partial charge in [-0.15, -0.1) is 0 Å². The van der Waals surface area contributed by atoms with Crippen molar-refractivity contribution in [2.45, 2.75) is 37.1 Å². The minimum atomic E-state index is -0.313. The van der Waals surface area contributed by atoms with Crippen molar-refractivity contribution < 1.29 is 9.21 Å². The highest BCUT2D eigenvalue weighted by molar-refractivity contribution is 8.00. The molecular weight excluding hydrogens is 394 g/mol. The number of nitrogens with zero attached hydrogens (tertiary/aromatic N) is 2. The van der Waals surface area contributed by atoms with Crippen molar-refractivity contribution in [2.75, 3.05) is 0 Å². The van der Waals surface area contributed by atoms with Gasteiger partial charge < -0.3 is 9.73 Å². The third kappa shape index (κ3) is 4.89. The molecule has 0 aliphatic carbocycles. The summed E-state index contributed by atoms with van der Waals surface area (Å²) in [6, 6.07) is 19.9. The molecule has 6 heteroatoms. The van der Waals surface area contributed by atoms with E-state index in [9.17, 15) is 4.79 Å². The van der Waals surface area contributed by atoms with Crippen LogP contribution in [0.25, 0.3) is 11.0 Å². The van der Waals surface area contributed by atoms with Crippen LogP contribution in [-0.4, -0.2) is 21.1 Å². The molecule has 2 aromatic carbocycles. The van der Waals surface area contributed by atoms with Gasteiger partial charge in [-0.2, -0.15) is 0 Å². The van der Waals surface area contributed by atoms with E-state index in [0.29, 0.717) is 13.0 Å². The summed E-state index contributed by atoms with van der Waals surface area (Å²) >= 11 is 1.44. The van der Waals surface area contributed by atoms with Crippen LogP contribution in [0.15, 0.2) is 76.4 Å². The summed E-state index contributed by atoms with van der Waals surface area (Å²) in [6.07, 6.45) is 2.27. The van der Waals surface area contributed by atoms with Gasteiger partial charge in [-0.1, -0.05) is 53.7 Å². The topological polar surface area (TPSA) is 68.0 Å². The molecule has 0 unspecified atom stereocenters.